The number of phenolic OH excluding ortho intramolecular Hbond substituents is 1. The van der Waals surface area contributed by atoms with Crippen LogP contribution in [0.1, 0.15) is 29.1 Å². The van der Waals surface area contributed by atoms with Gasteiger partial charge in [0.15, 0.2) is 5.65 Å². The fourth-order valence-electron chi connectivity index (χ4n) is 5.41. The Bertz CT molecular complexity index is 2130. The van der Waals surface area contributed by atoms with Crippen molar-refractivity contribution in [3.8, 4) is 28.1 Å². The Morgan fingerprint density at radius 1 is 1.07 bits per heavy atom. The number of halogens is 2. The van der Waals surface area contributed by atoms with E-state index in [2.05, 4.69) is 15.3 Å². The Balaban J connectivity index is 0.00000417. The molecule has 0 fully saturated rings. The largest absolute Gasteiger partial charge is 0.508 e. The number of nitrogen functional groups attached to an aromatic ring is 1. The van der Waals surface area contributed by atoms with Crippen LogP contribution >= 0.6 is 12.4 Å². The van der Waals surface area contributed by atoms with Crippen LogP contribution in [-0.4, -0.2) is 62.8 Å². The highest BCUT2D eigenvalue weighted by Crippen LogP contribution is 2.39. The molecular weight excluding hydrogens is 613 g/mol. The number of aromatic hydroxyl groups is 1. The summed E-state index contributed by atoms with van der Waals surface area (Å²) in [5.41, 5.74) is 8.22. The zero-order valence-electron chi connectivity index (χ0n) is 25.2. The summed E-state index contributed by atoms with van der Waals surface area (Å²) in [6.07, 6.45) is 1.28. The van der Waals surface area contributed by atoms with Crippen molar-refractivity contribution in [1.29, 1.82) is 0 Å². The van der Waals surface area contributed by atoms with Gasteiger partial charge in [0, 0.05) is 41.2 Å². The van der Waals surface area contributed by atoms with E-state index in [-0.39, 0.29) is 46.9 Å². The van der Waals surface area contributed by atoms with Crippen molar-refractivity contribution in [2.75, 3.05) is 32.9 Å². The van der Waals surface area contributed by atoms with E-state index < -0.39 is 17.5 Å². The van der Waals surface area contributed by atoms with Gasteiger partial charge < -0.3 is 25.5 Å². The molecule has 6 aromatic rings. The number of hydrogen-bond acceptors (Lipinski definition) is 9. The molecule has 0 aliphatic carbocycles. The average Bonchev–Trinajstić information content (AvgIpc) is 3.41. The molecule has 0 aliphatic rings. The first kappa shape index (κ1) is 32.1. The van der Waals surface area contributed by atoms with Gasteiger partial charge >= 0.3 is 5.63 Å². The van der Waals surface area contributed by atoms with Gasteiger partial charge in [-0.15, -0.1) is 12.4 Å². The maximum Gasteiger partial charge on any atom is 0.343 e. The number of anilines is 1. The van der Waals surface area contributed by atoms with Gasteiger partial charge in [-0.3, -0.25) is 4.79 Å². The molecule has 3 heterocycles. The van der Waals surface area contributed by atoms with Crippen molar-refractivity contribution >= 4 is 45.9 Å². The maximum atomic E-state index is 14.3. The second-order valence-electron chi connectivity index (χ2n) is 10.9. The molecule has 3 aromatic heterocycles. The Kier molecular flexibility index (Phi) is 9.03. The highest BCUT2D eigenvalue weighted by Gasteiger charge is 2.27. The van der Waals surface area contributed by atoms with Gasteiger partial charge in [0.25, 0.3) is 5.91 Å². The summed E-state index contributed by atoms with van der Waals surface area (Å²) in [6, 6.07) is 17.0. The van der Waals surface area contributed by atoms with E-state index >= 15 is 0 Å². The number of carbonyl (C=O) groups is 1. The molecule has 1 atom stereocenters. The lowest BCUT2D eigenvalue weighted by Gasteiger charge is -2.18. The summed E-state index contributed by atoms with van der Waals surface area (Å²) in [5, 5.41) is 19.1. The first-order valence-electron chi connectivity index (χ1n) is 14.2. The number of phenols is 1. The number of hydrogen-bond donors (Lipinski definition) is 3. The Morgan fingerprint density at radius 3 is 2.57 bits per heavy atom. The Hall–Kier alpha value is -5.33. The topological polar surface area (TPSA) is 152 Å². The fourth-order valence-corrected chi connectivity index (χ4v) is 5.41. The van der Waals surface area contributed by atoms with E-state index in [0.717, 1.165) is 6.07 Å². The third-order valence-electron chi connectivity index (χ3n) is 7.54. The quantitative estimate of drug-likeness (QED) is 0.208. The zero-order chi connectivity index (χ0) is 31.8. The normalized spacial score (nSPS) is 11.9. The van der Waals surface area contributed by atoms with Crippen LogP contribution in [-0.2, 0) is 0 Å². The molecule has 0 bridgehead atoms. The van der Waals surface area contributed by atoms with Crippen molar-refractivity contribution < 1.29 is 18.7 Å². The molecule has 0 radical (unpaired) electrons. The molecule has 0 saturated heterocycles. The number of amides is 1. The molecule has 11 nitrogen and oxygen atoms in total. The third-order valence-corrected chi connectivity index (χ3v) is 7.54. The lowest BCUT2D eigenvalue weighted by Crippen LogP contribution is -2.31. The molecular formula is C33H31ClFN7O4. The zero-order valence-corrected chi connectivity index (χ0v) is 26.0. The molecule has 1 amide bonds. The summed E-state index contributed by atoms with van der Waals surface area (Å²) in [6.45, 7) is 2.95. The molecule has 0 saturated carbocycles. The van der Waals surface area contributed by atoms with Crippen LogP contribution in [0.3, 0.4) is 0 Å². The minimum Gasteiger partial charge on any atom is -0.508 e. The molecule has 1 unspecified atom stereocenters. The van der Waals surface area contributed by atoms with Crippen LogP contribution in [0.2, 0.25) is 0 Å². The van der Waals surface area contributed by atoms with Gasteiger partial charge in [0.1, 0.15) is 41.2 Å². The lowest BCUT2D eigenvalue weighted by atomic mass is 9.94. The number of carbonyl (C=O) groups excluding carboxylic acids is 1. The molecule has 3 aromatic carbocycles. The summed E-state index contributed by atoms with van der Waals surface area (Å²) in [4.78, 5) is 36.9. The molecule has 46 heavy (non-hydrogen) atoms. The van der Waals surface area contributed by atoms with Crippen LogP contribution in [0, 0.1) is 5.82 Å². The average molecular weight is 644 g/mol. The van der Waals surface area contributed by atoms with Gasteiger partial charge in [-0.1, -0.05) is 30.3 Å². The van der Waals surface area contributed by atoms with E-state index in [0.29, 0.717) is 51.6 Å². The van der Waals surface area contributed by atoms with Crippen LogP contribution in [0.25, 0.3) is 44.2 Å². The number of aromatic nitrogens is 4. The summed E-state index contributed by atoms with van der Waals surface area (Å²) >= 11 is 0. The highest BCUT2D eigenvalue weighted by molar-refractivity contribution is 6.01. The van der Waals surface area contributed by atoms with Crippen molar-refractivity contribution in [1.82, 2.24) is 30.0 Å². The van der Waals surface area contributed by atoms with Gasteiger partial charge in [-0.05, 0) is 56.9 Å². The monoisotopic (exact) mass is 643 g/mol. The Labute approximate surface area is 268 Å². The molecule has 13 heteroatoms. The molecule has 6 rings (SSSR count). The predicted molar refractivity (Wildman–Crippen MR) is 177 cm³/mol. The summed E-state index contributed by atoms with van der Waals surface area (Å²) in [7, 11) is 3.86. The Morgan fingerprint density at radius 2 is 1.83 bits per heavy atom. The minimum absolute atomic E-state index is 0. The number of nitrogens with one attached hydrogen (secondary N) is 1. The second kappa shape index (κ2) is 13.0. The first-order chi connectivity index (χ1) is 21.6. The number of fused-ring (bicyclic) bond motifs is 2. The van der Waals surface area contributed by atoms with E-state index in [9.17, 15) is 19.1 Å². The molecule has 0 spiro atoms. The predicted octanol–water partition coefficient (Wildman–Crippen LogP) is 5.02. The number of rotatable bonds is 8. The van der Waals surface area contributed by atoms with Crippen molar-refractivity contribution in [3.05, 3.63) is 101 Å². The van der Waals surface area contributed by atoms with Crippen LogP contribution in [0.15, 0.2) is 82.3 Å². The second-order valence-corrected chi connectivity index (χ2v) is 10.9. The van der Waals surface area contributed by atoms with Crippen molar-refractivity contribution in [2.24, 2.45) is 0 Å². The van der Waals surface area contributed by atoms with Crippen molar-refractivity contribution in [3.63, 3.8) is 0 Å². The smallest absolute Gasteiger partial charge is 0.343 e. The standard InChI is InChI=1S/C33H30FN7O4.ClH/c1-18(41-31-27(30(35)37-17-38-31)28(39-41)21-14-22(34)16-23(42)15-21)29-26(24-9-4-5-10-25(24)33(44)45-29)19-7-6-8-20(13-19)32(43)36-11-12-40(2)3;/h4-10,13-18,42H,11-12H2,1-3H3,(H,36,43)(H2,35,37,38);1H. The number of nitrogens with two attached hydrogens (primary N) is 1. The van der Waals surface area contributed by atoms with Gasteiger partial charge in [-0.25, -0.2) is 23.8 Å². The molecule has 0 aliphatic heterocycles. The van der Waals surface area contributed by atoms with Gasteiger partial charge in [0.05, 0.1) is 10.8 Å². The van der Waals surface area contributed by atoms with E-state index in [1.165, 1.54) is 23.1 Å². The van der Waals surface area contributed by atoms with Gasteiger partial charge in [-0.2, -0.15) is 5.10 Å². The number of likely N-dealkylation sites (N-methyl/N-ethyl adjacent to an activating group) is 1. The summed E-state index contributed by atoms with van der Waals surface area (Å²) < 4.78 is 21.9. The van der Waals surface area contributed by atoms with E-state index in [4.69, 9.17) is 15.2 Å². The van der Waals surface area contributed by atoms with E-state index in [1.54, 1.807) is 37.3 Å². The molecule has 236 valence electrons. The van der Waals surface area contributed by atoms with Crippen LogP contribution in [0.4, 0.5) is 10.2 Å². The number of nitrogens with zero attached hydrogens (tertiary/aromatic N) is 5. The van der Waals surface area contributed by atoms with Crippen molar-refractivity contribution in [2.45, 2.75) is 13.0 Å². The molecule has 4 N–H and O–H groups in total. The lowest BCUT2D eigenvalue weighted by molar-refractivity contribution is 0.0951. The van der Waals surface area contributed by atoms with E-state index in [1.807, 2.05) is 37.2 Å². The maximum absolute atomic E-state index is 14.3. The summed E-state index contributed by atoms with van der Waals surface area (Å²) in [5.74, 6) is -0.818. The minimum atomic E-state index is -0.748. The first-order valence-corrected chi connectivity index (χ1v) is 14.2. The number of benzene rings is 3. The van der Waals surface area contributed by atoms with Crippen LogP contribution < -0.4 is 16.7 Å². The van der Waals surface area contributed by atoms with Gasteiger partial charge in [0.2, 0.25) is 0 Å². The third kappa shape index (κ3) is 6.00. The fraction of sp³-hybridized carbons (Fsp3) is 0.182. The highest BCUT2D eigenvalue weighted by atomic mass is 35.5. The SMILES string of the molecule is CC(c1oc(=O)c2ccccc2c1-c1cccc(C(=O)NCCN(C)C)c1)n1nc(-c2cc(O)cc(F)c2)c2c(N)ncnc21.Cl. The van der Waals surface area contributed by atoms with Crippen LogP contribution in [0.5, 0.6) is 5.75 Å².